The minimum Gasteiger partial charge on any atom is -0.346 e. The molecule has 3 rings (SSSR count). The van der Waals surface area contributed by atoms with Crippen molar-refractivity contribution in [1.29, 1.82) is 0 Å². The van der Waals surface area contributed by atoms with Crippen LogP contribution in [0.25, 0.3) is 11.8 Å². The molecule has 25 heavy (non-hydrogen) atoms. The summed E-state index contributed by atoms with van der Waals surface area (Å²) >= 11 is 0. The highest BCUT2D eigenvalue weighted by atomic mass is 16.2. The van der Waals surface area contributed by atoms with Gasteiger partial charge in [0.2, 0.25) is 0 Å². The second kappa shape index (κ2) is 7.21. The van der Waals surface area contributed by atoms with E-state index in [9.17, 15) is 4.79 Å². The molecule has 1 aliphatic rings. The Morgan fingerprint density at radius 2 is 2.04 bits per heavy atom. The molecule has 0 spiro atoms. The number of rotatable bonds is 4. The summed E-state index contributed by atoms with van der Waals surface area (Å²) in [5.74, 6) is 0.482. The fraction of sp³-hybridized carbons (Fsp3) is 0.450. The number of amides is 1. The highest BCUT2D eigenvalue weighted by Crippen LogP contribution is 2.34. The van der Waals surface area contributed by atoms with Gasteiger partial charge in [0, 0.05) is 5.54 Å². The molecule has 0 atom stereocenters. The summed E-state index contributed by atoms with van der Waals surface area (Å²) in [6, 6.07) is 8.48. The molecular weight excluding hydrogens is 312 g/mol. The van der Waals surface area contributed by atoms with Gasteiger partial charge in [-0.2, -0.15) is 5.10 Å². The van der Waals surface area contributed by atoms with E-state index in [0.717, 1.165) is 5.56 Å². The SMILES string of the molecule is CC(C)(C)NC(=O)/C(=C/c1cccc(C2CCCC2)c1)n1cncn1. The summed E-state index contributed by atoms with van der Waals surface area (Å²) in [7, 11) is 0. The maximum Gasteiger partial charge on any atom is 0.270 e. The van der Waals surface area contributed by atoms with E-state index in [1.165, 1.54) is 42.3 Å². The summed E-state index contributed by atoms with van der Waals surface area (Å²) in [4.78, 5) is 16.7. The number of carbonyl (C=O) groups excluding carboxylic acids is 1. The number of carbonyl (C=O) groups is 1. The highest BCUT2D eigenvalue weighted by Gasteiger charge is 2.20. The van der Waals surface area contributed by atoms with Crippen molar-refractivity contribution < 1.29 is 4.79 Å². The predicted octanol–water partition coefficient (Wildman–Crippen LogP) is 3.85. The van der Waals surface area contributed by atoms with Gasteiger partial charge >= 0.3 is 0 Å². The van der Waals surface area contributed by atoms with Gasteiger partial charge in [-0.25, -0.2) is 9.67 Å². The smallest absolute Gasteiger partial charge is 0.270 e. The van der Waals surface area contributed by atoms with E-state index in [1.54, 1.807) is 6.33 Å². The normalized spacial score (nSPS) is 16.2. The number of nitrogens with zero attached hydrogens (tertiary/aromatic N) is 3. The molecule has 1 saturated carbocycles. The molecule has 0 saturated heterocycles. The van der Waals surface area contributed by atoms with Gasteiger partial charge in [0.25, 0.3) is 5.91 Å². The van der Waals surface area contributed by atoms with Crippen molar-refractivity contribution in [3.63, 3.8) is 0 Å². The Morgan fingerprint density at radius 1 is 1.28 bits per heavy atom. The van der Waals surface area contributed by atoms with Gasteiger partial charge in [0.05, 0.1) is 0 Å². The molecule has 1 aromatic carbocycles. The van der Waals surface area contributed by atoms with Crippen molar-refractivity contribution in [3.8, 4) is 0 Å². The van der Waals surface area contributed by atoms with Crippen LogP contribution >= 0.6 is 0 Å². The molecule has 0 radical (unpaired) electrons. The zero-order valence-electron chi connectivity index (χ0n) is 15.2. The first-order valence-corrected chi connectivity index (χ1v) is 8.91. The molecule has 1 aromatic heterocycles. The Kier molecular flexibility index (Phi) is 5.02. The zero-order chi connectivity index (χ0) is 17.9. The second-order valence-electron chi connectivity index (χ2n) is 7.73. The van der Waals surface area contributed by atoms with E-state index in [-0.39, 0.29) is 11.4 Å². The van der Waals surface area contributed by atoms with Gasteiger partial charge in [0.15, 0.2) is 0 Å². The average Bonchev–Trinajstić information content (AvgIpc) is 3.24. The molecule has 5 heteroatoms. The van der Waals surface area contributed by atoms with Crippen LogP contribution in [0.3, 0.4) is 0 Å². The summed E-state index contributed by atoms with van der Waals surface area (Å²) in [6.45, 7) is 5.89. The van der Waals surface area contributed by atoms with E-state index in [2.05, 4.69) is 33.6 Å². The number of nitrogens with one attached hydrogen (secondary N) is 1. The quantitative estimate of drug-likeness (QED) is 0.862. The van der Waals surface area contributed by atoms with Crippen LogP contribution in [-0.4, -0.2) is 26.2 Å². The van der Waals surface area contributed by atoms with Crippen LogP contribution in [0.4, 0.5) is 0 Å². The summed E-state index contributed by atoms with van der Waals surface area (Å²) < 4.78 is 1.52. The van der Waals surface area contributed by atoms with Crippen molar-refractivity contribution >= 4 is 17.7 Å². The van der Waals surface area contributed by atoms with Crippen LogP contribution in [0, 0.1) is 0 Å². The Labute approximate surface area is 149 Å². The molecule has 2 aromatic rings. The average molecular weight is 338 g/mol. The first-order chi connectivity index (χ1) is 11.9. The Balaban J connectivity index is 1.93. The Morgan fingerprint density at radius 3 is 2.68 bits per heavy atom. The molecule has 5 nitrogen and oxygen atoms in total. The fourth-order valence-electron chi connectivity index (χ4n) is 3.29. The lowest BCUT2D eigenvalue weighted by Gasteiger charge is -2.21. The van der Waals surface area contributed by atoms with Crippen molar-refractivity contribution in [2.75, 3.05) is 0 Å². The zero-order valence-corrected chi connectivity index (χ0v) is 15.2. The van der Waals surface area contributed by atoms with Gasteiger partial charge in [-0.15, -0.1) is 0 Å². The molecule has 132 valence electrons. The maximum atomic E-state index is 12.7. The van der Waals surface area contributed by atoms with Crippen molar-refractivity contribution in [3.05, 3.63) is 48.0 Å². The fourth-order valence-corrected chi connectivity index (χ4v) is 3.29. The van der Waals surface area contributed by atoms with Crippen LogP contribution in [0.5, 0.6) is 0 Å². The largest absolute Gasteiger partial charge is 0.346 e. The lowest BCUT2D eigenvalue weighted by molar-refractivity contribution is -0.117. The predicted molar refractivity (Wildman–Crippen MR) is 99.7 cm³/mol. The minimum atomic E-state index is -0.317. The van der Waals surface area contributed by atoms with Gasteiger partial charge in [-0.1, -0.05) is 37.1 Å². The first-order valence-electron chi connectivity index (χ1n) is 8.91. The third-order valence-corrected chi connectivity index (χ3v) is 4.43. The van der Waals surface area contributed by atoms with Crippen LogP contribution < -0.4 is 5.32 Å². The third kappa shape index (κ3) is 4.56. The molecule has 1 N–H and O–H groups in total. The molecule has 1 heterocycles. The molecule has 0 unspecified atom stereocenters. The lowest BCUT2D eigenvalue weighted by atomic mass is 9.96. The summed E-state index contributed by atoms with van der Waals surface area (Å²) in [5.41, 5.74) is 2.53. The monoisotopic (exact) mass is 338 g/mol. The van der Waals surface area contributed by atoms with Gasteiger partial charge in [0.1, 0.15) is 18.4 Å². The van der Waals surface area contributed by atoms with Crippen LogP contribution in [-0.2, 0) is 4.79 Å². The molecule has 0 aliphatic heterocycles. The van der Waals surface area contributed by atoms with Crippen LogP contribution in [0.2, 0.25) is 0 Å². The van der Waals surface area contributed by atoms with E-state index in [4.69, 9.17) is 0 Å². The Bertz CT molecular complexity index is 750. The van der Waals surface area contributed by atoms with E-state index in [1.807, 2.05) is 32.9 Å². The number of benzene rings is 1. The maximum absolute atomic E-state index is 12.7. The van der Waals surface area contributed by atoms with E-state index >= 15 is 0 Å². The first kappa shape index (κ1) is 17.4. The molecule has 1 aliphatic carbocycles. The third-order valence-electron chi connectivity index (χ3n) is 4.43. The second-order valence-corrected chi connectivity index (χ2v) is 7.73. The van der Waals surface area contributed by atoms with E-state index in [0.29, 0.717) is 11.6 Å². The minimum absolute atomic E-state index is 0.163. The number of hydrogen-bond acceptors (Lipinski definition) is 3. The van der Waals surface area contributed by atoms with Gasteiger partial charge < -0.3 is 5.32 Å². The molecule has 1 amide bonds. The number of aromatic nitrogens is 3. The summed E-state index contributed by atoms with van der Waals surface area (Å²) in [6.07, 6.45) is 10.0. The van der Waals surface area contributed by atoms with Crippen LogP contribution in [0.15, 0.2) is 36.9 Å². The molecule has 1 fully saturated rings. The summed E-state index contributed by atoms with van der Waals surface area (Å²) in [5, 5.41) is 7.14. The molecule has 0 bridgehead atoms. The topological polar surface area (TPSA) is 59.8 Å². The Hall–Kier alpha value is -2.43. The van der Waals surface area contributed by atoms with E-state index < -0.39 is 0 Å². The van der Waals surface area contributed by atoms with Crippen molar-refractivity contribution in [2.45, 2.75) is 57.9 Å². The lowest BCUT2D eigenvalue weighted by Crippen LogP contribution is -2.41. The standard InChI is InChI=1S/C20H26N4O/c1-20(2,3)23-19(25)18(24-14-21-13-22-24)12-15-7-6-10-17(11-15)16-8-4-5-9-16/h6-7,10-14,16H,4-5,8-9H2,1-3H3,(H,23,25)/b18-12-. The van der Waals surface area contributed by atoms with Crippen molar-refractivity contribution in [2.24, 2.45) is 0 Å². The van der Waals surface area contributed by atoms with Crippen LogP contribution in [0.1, 0.15) is 63.5 Å². The highest BCUT2D eigenvalue weighted by molar-refractivity contribution is 6.18. The van der Waals surface area contributed by atoms with Crippen molar-refractivity contribution in [1.82, 2.24) is 20.1 Å². The molecular formula is C20H26N4O. The number of hydrogen-bond donors (Lipinski definition) is 1. The van der Waals surface area contributed by atoms with Gasteiger partial charge in [-0.3, -0.25) is 4.79 Å². The van der Waals surface area contributed by atoms with Gasteiger partial charge in [-0.05, 0) is 56.7 Å².